The van der Waals surface area contributed by atoms with Gasteiger partial charge in [-0.15, -0.1) is 0 Å². The second-order valence-corrected chi connectivity index (χ2v) is 8.86. The Balaban J connectivity index is 2.19. The lowest BCUT2D eigenvalue weighted by molar-refractivity contribution is 0.233. The van der Waals surface area contributed by atoms with E-state index < -0.39 is 10.0 Å². The first-order chi connectivity index (χ1) is 9.86. The number of hydrogen-bond donors (Lipinski definition) is 0. The van der Waals surface area contributed by atoms with Crippen LogP contribution in [0.3, 0.4) is 0 Å². The molecule has 0 aliphatic heterocycles. The van der Waals surface area contributed by atoms with E-state index in [1.165, 1.54) is 6.42 Å². The van der Waals surface area contributed by atoms with E-state index in [2.05, 4.69) is 22.9 Å². The van der Waals surface area contributed by atoms with Gasteiger partial charge in [-0.05, 0) is 72.2 Å². The molecular weight excluding hydrogens is 350 g/mol. The predicted molar refractivity (Wildman–Crippen MR) is 89.9 cm³/mol. The van der Waals surface area contributed by atoms with Crippen molar-refractivity contribution in [1.29, 1.82) is 0 Å². The summed E-state index contributed by atoms with van der Waals surface area (Å²) in [5.74, 6) is 0.767. The average Bonchev–Trinajstić information content (AvgIpc) is 2.46. The zero-order chi connectivity index (χ0) is 15.6. The smallest absolute Gasteiger partial charge is 0.207 e. The van der Waals surface area contributed by atoms with Crippen LogP contribution in [0.5, 0.6) is 0 Å². The number of nitrogens with zero attached hydrogens (tertiary/aromatic N) is 1. The highest BCUT2D eigenvalue weighted by atomic mass is 79.9. The van der Waals surface area contributed by atoms with E-state index in [0.717, 1.165) is 37.2 Å². The summed E-state index contributed by atoms with van der Waals surface area (Å²) in [6.45, 7) is 4.17. The van der Waals surface area contributed by atoms with E-state index in [1.54, 1.807) is 17.4 Å². The molecule has 1 aliphatic carbocycles. The van der Waals surface area contributed by atoms with Crippen LogP contribution in [0.15, 0.2) is 27.6 Å². The van der Waals surface area contributed by atoms with Crippen LogP contribution in [-0.4, -0.2) is 25.8 Å². The maximum absolute atomic E-state index is 12.8. The Morgan fingerprint density at radius 1 is 1.24 bits per heavy atom. The molecule has 1 fully saturated rings. The number of benzene rings is 1. The molecule has 1 aliphatic rings. The summed E-state index contributed by atoms with van der Waals surface area (Å²) >= 11 is 3.39. The highest BCUT2D eigenvalue weighted by Crippen LogP contribution is 2.33. The lowest BCUT2D eigenvalue weighted by Gasteiger charge is -2.33. The minimum atomic E-state index is -3.42. The van der Waals surface area contributed by atoms with Gasteiger partial charge in [0.2, 0.25) is 10.0 Å². The Morgan fingerprint density at radius 3 is 2.38 bits per heavy atom. The molecule has 0 unspecified atom stereocenters. The summed E-state index contributed by atoms with van der Waals surface area (Å²) in [6.07, 6.45) is 5.41. The maximum atomic E-state index is 12.8. The van der Waals surface area contributed by atoms with E-state index in [4.69, 9.17) is 0 Å². The molecule has 0 spiro atoms. The number of hydrogen-bond acceptors (Lipinski definition) is 2. The third-order valence-electron chi connectivity index (χ3n) is 4.65. The molecule has 1 aromatic carbocycles. The summed E-state index contributed by atoms with van der Waals surface area (Å²) < 4.78 is 27.8. The van der Waals surface area contributed by atoms with Crippen molar-refractivity contribution in [3.05, 3.63) is 28.2 Å². The van der Waals surface area contributed by atoms with Crippen LogP contribution in [-0.2, 0) is 10.0 Å². The molecule has 5 heteroatoms. The van der Waals surface area contributed by atoms with Crippen LogP contribution in [0.25, 0.3) is 0 Å². The SMILES string of the molecule is CCC1CCC(N(C)S(=O)(=O)c2ccc(C)cc2Br)CC1. The highest BCUT2D eigenvalue weighted by molar-refractivity contribution is 9.10. The van der Waals surface area contributed by atoms with Crippen molar-refractivity contribution in [1.82, 2.24) is 4.31 Å². The van der Waals surface area contributed by atoms with Crippen molar-refractivity contribution < 1.29 is 8.42 Å². The van der Waals surface area contributed by atoms with Gasteiger partial charge in [-0.2, -0.15) is 4.31 Å². The van der Waals surface area contributed by atoms with Gasteiger partial charge in [0, 0.05) is 17.6 Å². The van der Waals surface area contributed by atoms with Crippen LogP contribution in [0.4, 0.5) is 0 Å². The molecule has 1 aromatic rings. The minimum absolute atomic E-state index is 0.131. The number of aryl methyl sites for hydroxylation is 1. The van der Waals surface area contributed by atoms with Crippen molar-refractivity contribution in [3.63, 3.8) is 0 Å². The van der Waals surface area contributed by atoms with Crippen molar-refractivity contribution in [3.8, 4) is 0 Å². The molecule has 0 heterocycles. The van der Waals surface area contributed by atoms with E-state index in [-0.39, 0.29) is 6.04 Å². The second-order valence-electron chi connectivity index (χ2n) is 6.04. The Kier molecular flexibility index (Phi) is 5.49. The fraction of sp³-hybridized carbons (Fsp3) is 0.625. The van der Waals surface area contributed by atoms with E-state index in [1.807, 2.05) is 19.1 Å². The lowest BCUT2D eigenvalue weighted by Crippen LogP contribution is -2.39. The fourth-order valence-electron chi connectivity index (χ4n) is 3.08. The van der Waals surface area contributed by atoms with Crippen LogP contribution in [0.2, 0.25) is 0 Å². The third-order valence-corrected chi connectivity index (χ3v) is 7.54. The van der Waals surface area contributed by atoms with Crippen LogP contribution >= 0.6 is 15.9 Å². The van der Waals surface area contributed by atoms with Gasteiger partial charge < -0.3 is 0 Å². The van der Waals surface area contributed by atoms with Gasteiger partial charge in [0.25, 0.3) is 0 Å². The number of sulfonamides is 1. The molecule has 0 atom stereocenters. The number of rotatable bonds is 4. The molecule has 0 saturated heterocycles. The van der Waals surface area contributed by atoms with Crippen molar-refractivity contribution in [2.45, 2.75) is 56.9 Å². The quantitative estimate of drug-likeness (QED) is 0.786. The van der Waals surface area contributed by atoms with Crippen LogP contribution < -0.4 is 0 Å². The first-order valence-electron chi connectivity index (χ1n) is 7.60. The van der Waals surface area contributed by atoms with Crippen molar-refractivity contribution >= 4 is 26.0 Å². The maximum Gasteiger partial charge on any atom is 0.244 e. The fourth-order valence-corrected chi connectivity index (χ4v) is 5.65. The Labute approximate surface area is 136 Å². The molecule has 2 rings (SSSR count). The summed E-state index contributed by atoms with van der Waals surface area (Å²) in [5, 5.41) is 0. The van der Waals surface area contributed by atoms with Crippen molar-refractivity contribution in [2.24, 2.45) is 5.92 Å². The number of halogens is 1. The van der Waals surface area contributed by atoms with Gasteiger partial charge in [-0.3, -0.25) is 0 Å². The normalized spacial score (nSPS) is 23.5. The molecule has 3 nitrogen and oxygen atoms in total. The van der Waals surface area contributed by atoms with E-state index in [0.29, 0.717) is 9.37 Å². The zero-order valence-corrected chi connectivity index (χ0v) is 15.4. The van der Waals surface area contributed by atoms with Gasteiger partial charge in [0.15, 0.2) is 0 Å². The first-order valence-corrected chi connectivity index (χ1v) is 9.83. The van der Waals surface area contributed by atoms with Crippen LogP contribution in [0, 0.1) is 12.8 Å². The Bertz CT molecular complexity index is 592. The van der Waals surface area contributed by atoms with Gasteiger partial charge in [0.05, 0.1) is 4.90 Å². The third kappa shape index (κ3) is 3.69. The molecule has 1 saturated carbocycles. The van der Waals surface area contributed by atoms with Gasteiger partial charge in [-0.25, -0.2) is 8.42 Å². The minimum Gasteiger partial charge on any atom is -0.207 e. The summed E-state index contributed by atoms with van der Waals surface area (Å²) in [4.78, 5) is 0.369. The highest BCUT2D eigenvalue weighted by Gasteiger charge is 2.32. The molecule has 0 aromatic heterocycles. The molecule has 0 amide bonds. The Morgan fingerprint density at radius 2 is 1.86 bits per heavy atom. The average molecular weight is 374 g/mol. The van der Waals surface area contributed by atoms with Crippen molar-refractivity contribution in [2.75, 3.05) is 7.05 Å². The lowest BCUT2D eigenvalue weighted by atomic mass is 9.85. The molecule has 0 bridgehead atoms. The first kappa shape index (κ1) is 17.0. The molecule has 0 radical (unpaired) electrons. The molecule has 0 N–H and O–H groups in total. The molecule has 118 valence electrons. The largest absolute Gasteiger partial charge is 0.244 e. The van der Waals surface area contributed by atoms with Gasteiger partial charge >= 0.3 is 0 Å². The summed E-state index contributed by atoms with van der Waals surface area (Å²) in [5.41, 5.74) is 1.05. The molecule has 21 heavy (non-hydrogen) atoms. The standard InChI is InChI=1S/C16H24BrNO2S/c1-4-13-6-8-14(9-7-13)18(3)21(19,20)16-10-5-12(2)11-15(16)17/h5,10-11,13-14H,4,6-9H2,1-3H3. The van der Waals surface area contributed by atoms with Gasteiger partial charge in [0.1, 0.15) is 0 Å². The van der Waals surface area contributed by atoms with E-state index in [9.17, 15) is 8.42 Å². The monoisotopic (exact) mass is 373 g/mol. The van der Waals surface area contributed by atoms with E-state index >= 15 is 0 Å². The topological polar surface area (TPSA) is 37.4 Å². The Hall–Kier alpha value is -0.390. The summed E-state index contributed by atoms with van der Waals surface area (Å²) in [7, 11) is -1.70. The van der Waals surface area contributed by atoms with Crippen LogP contribution in [0.1, 0.15) is 44.6 Å². The van der Waals surface area contributed by atoms with Gasteiger partial charge in [-0.1, -0.05) is 19.4 Å². The second kappa shape index (κ2) is 6.80. The predicted octanol–water partition coefficient (Wildman–Crippen LogP) is 4.35. The summed E-state index contributed by atoms with van der Waals surface area (Å²) in [6, 6.07) is 5.53. The molecular formula is C16H24BrNO2S. The zero-order valence-electron chi connectivity index (χ0n) is 13.0.